The van der Waals surface area contributed by atoms with Gasteiger partial charge in [-0.25, -0.2) is 4.98 Å². The summed E-state index contributed by atoms with van der Waals surface area (Å²) in [6, 6.07) is 5.76. The minimum Gasteiger partial charge on any atom is -0.374 e. The third-order valence-electron chi connectivity index (χ3n) is 4.44. The Morgan fingerprint density at radius 3 is 3.14 bits per heavy atom. The molecule has 2 fully saturated rings. The number of ether oxygens (including phenoxy) is 1. The second kappa shape index (κ2) is 6.32. The van der Waals surface area contributed by atoms with Gasteiger partial charge in [-0.05, 0) is 31.4 Å². The van der Waals surface area contributed by atoms with Crippen LogP contribution >= 0.6 is 0 Å². The molecular weight excluding hydrogens is 280 g/mol. The summed E-state index contributed by atoms with van der Waals surface area (Å²) >= 11 is 0. The van der Waals surface area contributed by atoms with Gasteiger partial charge in [0, 0.05) is 19.8 Å². The molecule has 1 aliphatic heterocycles. The van der Waals surface area contributed by atoms with Crippen molar-refractivity contribution in [3.8, 4) is 6.07 Å². The van der Waals surface area contributed by atoms with Crippen LogP contribution in [0.3, 0.4) is 0 Å². The van der Waals surface area contributed by atoms with Gasteiger partial charge in [-0.2, -0.15) is 5.26 Å². The maximum atomic E-state index is 12.6. The first kappa shape index (κ1) is 14.8. The van der Waals surface area contributed by atoms with Crippen LogP contribution in [0.4, 0.5) is 5.82 Å². The predicted molar refractivity (Wildman–Crippen MR) is 81.3 cm³/mol. The Morgan fingerprint density at radius 1 is 1.55 bits per heavy atom. The van der Waals surface area contributed by atoms with Crippen molar-refractivity contribution in [2.75, 3.05) is 31.6 Å². The SMILES string of the molecule is CN(CC(=O)N1CCO[C@H]2CCC[C@@H]21)c1ccc(C#N)cn1. The van der Waals surface area contributed by atoms with Gasteiger partial charge in [0.2, 0.25) is 5.91 Å². The number of nitriles is 1. The third kappa shape index (κ3) is 2.90. The predicted octanol–water partition coefficient (Wildman–Crippen LogP) is 1.17. The molecule has 22 heavy (non-hydrogen) atoms. The van der Waals surface area contributed by atoms with Crippen LogP contribution in [0.15, 0.2) is 18.3 Å². The summed E-state index contributed by atoms with van der Waals surface area (Å²) in [5.74, 6) is 0.817. The fourth-order valence-electron chi connectivity index (χ4n) is 3.29. The number of carbonyl (C=O) groups excluding carboxylic acids is 1. The van der Waals surface area contributed by atoms with Crippen molar-refractivity contribution >= 4 is 11.7 Å². The van der Waals surface area contributed by atoms with Crippen molar-refractivity contribution in [3.63, 3.8) is 0 Å². The van der Waals surface area contributed by atoms with E-state index in [1.54, 1.807) is 12.1 Å². The second-order valence-corrected chi connectivity index (χ2v) is 5.87. The molecule has 2 aliphatic rings. The summed E-state index contributed by atoms with van der Waals surface area (Å²) in [5.41, 5.74) is 0.519. The van der Waals surface area contributed by atoms with Crippen molar-refractivity contribution in [1.82, 2.24) is 9.88 Å². The molecule has 116 valence electrons. The van der Waals surface area contributed by atoms with Gasteiger partial charge in [0.15, 0.2) is 0 Å². The first-order valence-electron chi connectivity index (χ1n) is 7.67. The molecule has 1 aliphatic carbocycles. The lowest BCUT2D eigenvalue weighted by Crippen LogP contribution is -2.53. The molecule has 0 bridgehead atoms. The zero-order valence-electron chi connectivity index (χ0n) is 12.7. The van der Waals surface area contributed by atoms with Crippen molar-refractivity contribution in [2.24, 2.45) is 0 Å². The molecule has 6 heteroatoms. The Hall–Kier alpha value is -2.13. The number of anilines is 1. The van der Waals surface area contributed by atoms with Crippen molar-refractivity contribution in [1.29, 1.82) is 5.26 Å². The molecule has 1 amide bonds. The lowest BCUT2D eigenvalue weighted by molar-refractivity contribution is -0.142. The molecule has 2 atom stereocenters. The largest absolute Gasteiger partial charge is 0.374 e. The molecule has 1 aromatic heterocycles. The molecule has 0 unspecified atom stereocenters. The summed E-state index contributed by atoms with van der Waals surface area (Å²) in [7, 11) is 1.85. The van der Waals surface area contributed by atoms with Crippen LogP contribution in [-0.4, -0.2) is 54.7 Å². The lowest BCUT2D eigenvalue weighted by atomic mass is 10.1. The third-order valence-corrected chi connectivity index (χ3v) is 4.44. The number of likely N-dealkylation sites (N-methyl/N-ethyl adjacent to an activating group) is 1. The topological polar surface area (TPSA) is 69.5 Å². The standard InChI is InChI=1S/C16H20N4O2/c1-19(15-6-5-12(9-17)10-18-15)11-16(21)20-7-8-22-14-4-2-3-13(14)20/h5-6,10,13-14H,2-4,7-8,11H2,1H3/t13-,14-/m0/s1. The Bertz CT molecular complexity index is 581. The van der Waals surface area contributed by atoms with Gasteiger partial charge in [-0.1, -0.05) is 0 Å². The van der Waals surface area contributed by atoms with E-state index in [1.807, 2.05) is 22.9 Å². The number of hydrogen-bond acceptors (Lipinski definition) is 5. The molecule has 0 N–H and O–H groups in total. The Kier molecular flexibility index (Phi) is 4.25. The molecule has 1 saturated carbocycles. The van der Waals surface area contributed by atoms with Crippen LogP contribution in [0.25, 0.3) is 0 Å². The smallest absolute Gasteiger partial charge is 0.242 e. The van der Waals surface area contributed by atoms with Gasteiger partial charge in [0.25, 0.3) is 0 Å². The number of carbonyl (C=O) groups is 1. The molecular formula is C16H20N4O2. The minimum atomic E-state index is 0.119. The molecule has 1 aromatic rings. The quantitative estimate of drug-likeness (QED) is 0.838. The zero-order chi connectivity index (χ0) is 15.5. The van der Waals surface area contributed by atoms with E-state index in [0.717, 1.165) is 19.3 Å². The first-order valence-corrected chi connectivity index (χ1v) is 7.67. The van der Waals surface area contributed by atoms with Gasteiger partial charge in [-0.15, -0.1) is 0 Å². The average molecular weight is 300 g/mol. The van der Waals surface area contributed by atoms with Crippen molar-refractivity contribution in [3.05, 3.63) is 23.9 Å². The molecule has 6 nitrogen and oxygen atoms in total. The maximum absolute atomic E-state index is 12.6. The van der Waals surface area contributed by atoms with E-state index in [1.165, 1.54) is 6.20 Å². The number of amides is 1. The Labute approximate surface area is 130 Å². The van der Waals surface area contributed by atoms with Gasteiger partial charge < -0.3 is 14.5 Å². The molecule has 0 spiro atoms. The molecule has 0 radical (unpaired) electrons. The summed E-state index contributed by atoms with van der Waals surface area (Å²) in [5, 5.41) is 8.79. The minimum absolute atomic E-state index is 0.119. The summed E-state index contributed by atoms with van der Waals surface area (Å²) < 4.78 is 5.75. The van der Waals surface area contributed by atoms with E-state index >= 15 is 0 Å². The van der Waals surface area contributed by atoms with E-state index in [0.29, 0.717) is 31.1 Å². The van der Waals surface area contributed by atoms with Crippen LogP contribution in [-0.2, 0) is 9.53 Å². The van der Waals surface area contributed by atoms with E-state index in [2.05, 4.69) is 4.98 Å². The van der Waals surface area contributed by atoms with E-state index < -0.39 is 0 Å². The summed E-state index contributed by atoms with van der Waals surface area (Å²) in [4.78, 5) is 20.6. The molecule has 1 saturated heterocycles. The number of rotatable bonds is 3. The van der Waals surface area contributed by atoms with Gasteiger partial charge >= 0.3 is 0 Å². The monoisotopic (exact) mass is 300 g/mol. The van der Waals surface area contributed by atoms with Crippen LogP contribution in [0, 0.1) is 11.3 Å². The second-order valence-electron chi connectivity index (χ2n) is 5.87. The van der Waals surface area contributed by atoms with E-state index in [-0.39, 0.29) is 18.1 Å². The van der Waals surface area contributed by atoms with E-state index in [4.69, 9.17) is 10.00 Å². The van der Waals surface area contributed by atoms with Crippen molar-refractivity contribution in [2.45, 2.75) is 31.4 Å². The maximum Gasteiger partial charge on any atom is 0.242 e. The number of morpholine rings is 1. The number of fused-ring (bicyclic) bond motifs is 1. The lowest BCUT2D eigenvalue weighted by Gasteiger charge is -2.38. The molecule has 0 aromatic carbocycles. The highest BCUT2D eigenvalue weighted by molar-refractivity contribution is 5.81. The summed E-state index contributed by atoms with van der Waals surface area (Å²) in [6.45, 7) is 1.60. The van der Waals surface area contributed by atoms with Crippen molar-refractivity contribution < 1.29 is 9.53 Å². The number of nitrogens with zero attached hydrogens (tertiary/aromatic N) is 4. The first-order chi connectivity index (χ1) is 10.7. The van der Waals surface area contributed by atoms with Gasteiger partial charge in [0.1, 0.15) is 11.9 Å². The van der Waals surface area contributed by atoms with Crippen LogP contribution in [0.1, 0.15) is 24.8 Å². The number of hydrogen-bond donors (Lipinski definition) is 0. The van der Waals surface area contributed by atoms with Crippen LogP contribution in [0.2, 0.25) is 0 Å². The zero-order valence-corrected chi connectivity index (χ0v) is 12.7. The normalized spacial score (nSPS) is 23.7. The van der Waals surface area contributed by atoms with Crippen LogP contribution < -0.4 is 4.90 Å². The number of pyridine rings is 1. The summed E-state index contributed by atoms with van der Waals surface area (Å²) in [6.07, 6.45) is 4.97. The fraction of sp³-hybridized carbons (Fsp3) is 0.562. The highest BCUT2D eigenvalue weighted by atomic mass is 16.5. The highest BCUT2D eigenvalue weighted by Gasteiger charge is 2.38. The van der Waals surface area contributed by atoms with E-state index in [9.17, 15) is 4.79 Å². The highest BCUT2D eigenvalue weighted by Crippen LogP contribution is 2.29. The Balaban J connectivity index is 1.64. The van der Waals surface area contributed by atoms with Crippen LogP contribution in [0.5, 0.6) is 0 Å². The van der Waals surface area contributed by atoms with Gasteiger partial charge in [-0.3, -0.25) is 4.79 Å². The number of aromatic nitrogens is 1. The van der Waals surface area contributed by atoms with Gasteiger partial charge in [0.05, 0.1) is 30.9 Å². The Morgan fingerprint density at radius 2 is 2.41 bits per heavy atom. The average Bonchev–Trinajstić information content (AvgIpc) is 3.03. The molecule has 3 rings (SSSR count). The molecule has 2 heterocycles. The fourth-order valence-corrected chi connectivity index (χ4v) is 3.29.